The number of hydrogen-bond donors (Lipinski definition) is 1. The molecule has 1 aliphatic rings. The number of nitrogens with one attached hydrogen (secondary N) is 1. The lowest BCUT2D eigenvalue weighted by Gasteiger charge is -2.16. The smallest absolute Gasteiger partial charge is 0.187 e. The molecule has 0 spiro atoms. The second kappa shape index (κ2) is 9.94. The molecule has 1 heterocycles. The number of unbranched alkanes of at least 4 members (excludes halogenated alkanes) is 2. The Kier molecular flexibility index (Phi) is 9.78. The van der Waals surface area contributed by atoms with Crippen molar-refractivity contribution in [1.29, 1.82) is 0 Å². The number of ether oxygens (including phenoxy) is 1. The second-order valence-electron chi connectivity index (χ2n) is 4.20. The normalized spacial score (nSPS) is 18.9. The van der Waals surface area contributed by atoms with Gasteiger partial charge in [-0.3, -0.25) is 4.90 Å². The minimum atomic E-state index is 0. The lowest BCUT2D eigenvalue weighted by Crippen LogP contribution is -3.07. The van der Waals surface area contributed by atoms with Crippen molar-refractivity contribution >= 4 is 0 Å². The van der Waals surface area contributed by atoms with Crippen LogP contribution in [0.1, 0.15) is 39.5 Å². The molecule has 3 nitrogen and oxygen atoms in total. The highest BCUT2D eigenvalue weighted by Gasteiger charge is 2.15. The highest BCUT2D eigenvalue weighted by molar-refractivity contribution is 4.77. The van der Waals surface area contributed by atoms with E-state index < -0.39 is 0 Å². The third kappa shape index (κ3) is 6.36. The molecule has 0 aromatic carbocycles. The summed E-state index contributed by atoms with van der Waals surface area (Å²) in [5, 5.41) is 0. The van der Waals surface area contributed by atoms with Gasteiger partial charge in [0, 0.05) is 6.54 Å². The van der Waals surface area contributed by atoms with Gasteiger partial charge < -0.3 is 22.0 Å². The van der Waals surface area contributed by atoms with Crippen molar-refractivity contribution < 1.29 is 22.0 Å². The molecule has 1 atom stereocenters. The summed E-state index contributed by atoms with van der Waals surface area (Å²) in [6.45, 7) is 8.41. The Bertz CT molecular complexity index is 188. The van der Waals surface area contributed by atoms with Crippen molar-refractivity contribution in [1.82, 2.24) is 4.90 Å². The maximum absolute atomic E-state index is 5.60. The molecular formula is C12H25ClN2O. The van der Waals surface area contributed by atoms with Gasteiger partial charge in [0.15, 0.2) is 13.4 Å². The first kappa shape index (κ1) is 15.8. The highest BCUT2D eigenvalue weighted by Crippen LogP contribution is 1.95. The fraction of sp³-hybridized carbons (Fsp3) is 0.833. The molecule has 96 valence electrons. The number of halogens is 1. The third-order valence-electron chi connectivity index (χ3n) is 2.66. The summed E-state index contributed by atoms with van der Waals surface area (Å²) in [6, 6.07) is 0. The van der Waals surface area contributed by atoms with Crippen molar-refractivity contribution in [2.24, 2.45) is 0 Å². The first-order chi connectivity index (χ1) is 7.36. The van der Waals surface area contributed by atoms with E-state index in [0.29, 0.717) is 0 Å². The van der Waals surface area contributed by atoms with E-state index in [1.165, 1.54) is 37.1 Å². The molecule has 0 aromatic heterocycles. The van der Waals surface area contributed by atoms with Crippen molar-refractivity contribution in [3.8, 4) is 0 Å². The molecule has 0 radical (unpaired) electrons. The molecule has 1 N–H and O–H groups in total. The lowest BCUT2D eigenvalue weighted by atomic mass is 10.3. The predicted molar refractivity (Wildman–Crippen MR) is 62.3 cm³/mol. The number of nitrogens with zero attached hydrogens (tertiary/aromatic N) is 1. The average molecular weight is 249 g/mol. The number of rotatable bonds is 8. The van der Waals surface area contributed by atoms with Crippen molar-refractivity contribution in [2.45, 2.75) is 39.5 Å². The monoisotopic (exact) mass is 248 g/mol. The van der Waals surface area contributed by atoms with E-state index in [2.05, 4.69) is 31.1 Å². The fourth-order valence-electron chi connectivity index (χ4n) is 1.64. The predicted octanol–water partition coefficient (Wildman–Crippen LogP) is -1.81. The van der Waals surface area contributed by atoms with Crippen LogP contribution in [0.15, 0.2) is 12.4 Å². The molecule has 16 heavy (non-hydrogen) atoms. The van der Waals surface area contributed by atoms with E-state index >= 15 is 0 Å². The van der Waals surface area contributed by atoms with E-state index in [4.69, 9.17) is 4.74 Å². The zero-order valence-corrected chi connectivity index (χ0v) is 11.3. The van der Waals surface area contributed by atoms with Crippen LogP contribution in [0, 0.1) is 0 Å². The topological polar surface area (TPSA) is 16.9 Å². The molecule has 1 unspecified atom stereocenters. The number of quaternary nitrogens is 1. The molecule has 0 fully saturated rings. The molecule has 1 rings (SSSR count). The zero-order valence-electron chi connectivity index (χ0n) is 10.5. The molecule has 0 bridgehead atoms. The Morgan fingerprint density at radius 2 is 2.00 bits per heavy atom. The van der Waals surface area contributed by atoms with Gasteiger partial charge in [-0.05, 0) is 12.8 Å². The van der Waals surface area contributed by atoms with Gasteiger partial charge in [0.25, 0.3) is 0 Å². The van der Waals surface area contributed by atoms with Gasteiger partial charge in [0.05, 0.1) is 12.8 Å². The molecule has 0 saturated carbocycles. The van der Waals surface area contributed by atoms with Crippen LogP contribution in [0.4, 0.5) is 0 Å². The Labute approximate surface area is 106 Å². The summed E-state index contributed by atoms with van der Waals surface area (Å²) >= 11 is 0. The van der Waals surface area contributed by atoms with Gasteiger partial charge in [-0.25, -0.2) is 0 Å². The maximum atomic E-state index is 5.60. The minimum absolute atomic E-state index is 0. The van der Waals surface area contributed by atoms with Crippen LogP contribution >= 0.6 is 0 Å². The van der Waals surface area contributed by atoms with Gasteiger partial charge in [0.1, 0.15) is 6.20 Å². The van der Waals surface area contributed by atoms with E-state index in [1.54, 1.807) is 0 Å². The van der Waals surface area contributed by atoms with E-state index in [0.717, 1.165) is 20.0 Å². The first-order valence-corrected chi connectivity index (χ1v) is 6.21. The summed E-state index contributed by atoms with van der Waals surface area (Å²) in [4.78, 5) is 3.80. The first-order valence-electron chi connectivity index (χ1n) is 6.21. The fourth-order valence-corrected chi connectivity index (χ4v) is 1.64. The standard InChI is InChI=1S/C12H24N2O.ClH/c1-3-5-7-13-8-9-14(11-13)12-15-10-6-4-2;/h8-9H,3-7,10-12H2,1-2H3;1H. The van der Waals surface area contributed by atoms with Crippen LogP contribution in [0.25, 0.3) is 0 Å². The molecule has 0 aromatic rings. The van der Waals surface area contributed by atoms with Gasteiger partial charge >= 0.3 is 0 Å². The SMILES string of the molecule is CCCCOC[NH+]1C=CN(CCCC)C1.[Cl-]. The van der Waals surface area contributed by atoms with Crippen molar-refractivity contribution in [2.75, 3.05) is 26.6 Å². The lowest BCUT2D eigenvalue weighted by molar-refractivity contribution is -0.871. The van der Waals surface area contributed by atoms with Crippen molar-refractivity contribution in [3.05, 3.63) is 12.4 Å². The van der Waals surface area contributed by atoms with Crippen LogP contribution in [0.5, 0.6) is 0 Å². The van der Waals surface area contributed by atoms with Crippen LogP contribution in [0.3, 0.4) is 0 Å². The largest absolute Gasteiger partial charge is 1.00 e. The summed E-state index contributed by atoms with van der Waals surface area (Å²) < 4.78 is 5.60. The summed E-state index contributed by atoms with van der Waals surface area (Å²) in [7, 11) is 0. The summed E-state index contributed by atoms with van der Waals surface area (Å²) in [5.74, 6) is 0. The van der Waals surface area contributed by atoms with Gasteiger partial charge in [-0.1, -0.05) is 26.7 Å². The molecule has 0 aliphatic carbocycles. The van der Waals surface area contributed by atoms with E-state index in [1.807, 2.05) is 0 Å². The zero-order chi connectivity index (χ0) is 10.9. The molecule has 4 heteroatoms. The van der Waals surface area contributed by atoms with E-state index in [-0.39, 0.29) is 12.4 Å². The molecule has 1 aliphatic heterocycles. The molecular weight excluding hydrogens is 224 g/mol. The van der Waals surface area contributed by atoms with Crippen LogP contribution in [-0.4, -0.2) is 31.5 Å². The molecule has 0 amide bonds. The van der Waals surface area contributed by atoms with Gasteiger partial charge in [0.2, 0.25) is 0 Å². The van der Waals surface area contributed by atoms with Crippen LogP contribution in [-0.2, 0) is 4.74 Å². The number of hydrogen-bond acceptors (Lipinski definition) is 2. The van der Waals surface area contributed by atoms with E-state index in [9.17, 15) is 0 Å². The minimum Gasteiger partial charge on any atom is -1.00 e. The molecule has 0 saturated heterocycles. The average Bonchev–Trinajstić information content (AvgIpc) is 2.69. The van der Waals surface area contributed by atoms with Gasteiger partial charge in [-0.2, -0.15) is 0 Å². The Hall–Kier alpha value is -0.250. The highest BCUT2D eigenvalue weighted by atomic mass is 35.5. The van der Waals surface area contributed by atoms with Crippen LogP contribution < -0.4 is 17.3 Å². The summed E-state index contributed by atoms with van der Waals surface area (Å²) in [6.07, 6.45) is 9.36. The van der Waals surface area contributed by atoms with Crippen LogP contribution in [0.2, 0.25) is 0 Å². The Morgan fingerprint density at radius 3 is 2.69 bits per heavy atom. The maximum Gasteiger partial charge on any atom is 0.187 e. The quantitative estimate of drug-likeness (QED) is 0.511. The Morgan fingerprint density at radius 1 is 1.25 bits per heavy atom. The summed E-state index contributed by atoms with van der Waals surface area (Å²) in [5.41, 5.74) is 0. The second-order valence-corrected chi connectivity index (χ2v) is 4.20. The Balaban J connectivity index is 0.00000225. The van der Waals surface area contributed by atoms with Crippen molar-refractivity contribution in [3.63, 3.8) is 0 Å². The third-order valence-corrected chi connectivity index (χ3v) is 2.66. The van der Waals surface area contributed by atoms with Gasteiger partial charge in [-0.15, -0.1) is 0 Å².